The first-order valence-electron chi connectivity index (χ1n) is 7.33. The molecular weight excluding hydrogens is 230 g/mol. The van der Waals surface area contributed by atoms with Gasteiger partial charge in [0.2, 0.25) is 0 Å². The van der Waals surface area contributed by atoms with Crippen LogP contribution in [0.5, 0.6) is 0 Å². The molecule has 0 aromatic rings. The molecule has 2 rings (SSSR count). The Hall–Kier alpha value is -0.610. The summed E-state index contributed by atoms with van der Waals surface area (Å²) >= 11 is 0. The second-order valence-electron chi connectivity index (χ2n) is 5.40. The first-order chi connectivity index (χ1) is 8.81. The fourth-order valence-corrected chi connectivity index (χ4v) is 2.75. The number of rotatable bonds is 5. The van der Waals surface area contributed by atoms with Crippen molar-refractivity contribution in [1.29, 1.82) is 0 Å². The number of hydrogen-bond acceptors (Lipinski definition) is 4. The topological polar surface area (TPSA) is 47.6 Å². The van der Waals surface area contributed by atoms with Crippen LogP contribution in [0.3, 0.4) is 0 Å². The second-order valence-corrected chi connectivity index (χ2v) is 5.40. The van der Waals surface area contributed by atoms with Crippen molar-refractivity contribution in [2.75, 3.05) is 19.8 Å². The van der Waals surface area contributed by atoms with E-state index in [-0.39, 0.29) is 24.0 Å². The molecule has 1 aliphatic heterocycles. The molecule has 4 nitrogen and oxygen atoms in total. The molecule has 0 aromatic heterocycles. The third-order valence-corrected chi connectivity index (χ3v) is 3.87. The Bertz CT molecular complexity index is 264. The summed E-state index contributed by atoms with van der Waals surface area (Å²) < 4.78 is 11.0. The van der Waals surface area contributed by atoms with E-state index in [9.17, 15) is 4.79 Å². The van der Waals surface area contributed by atoms with Gasteiger partial charge in [-0.15, -0.1) is 0 Å². The van der Waals surface area contributed by atoms with E-state index < -0.39 is 0 Å². The Balaban J connectivity index is 1.79. The van der Waals surface area contributed by atoms with Crippen molar-refractivity contribution in [3.63, 3.8) is 0 Å². The lowest BCUT2D eigenvalue weighted by Gasteiger charge is -2.25. The number of carbonyl (C=O) groups is 1. The van der Waals surface area contributed by atoms with E-state index in [1.54, 1.807) is 0 Å². The lowest BCUT2D eigenvalue weighted by atomic mass is 9.97. The van der Waals surface area contributed by atoms with Crippen LogP contribution in [0.4, 0.5) is 0 Å². The van der Waals surface area contributed by atoms with Gasteiger partial charge in [-0.3, -0.25) is 4.79 Å². The van der Waals surface area contributed by atoms with Crippen LogP contribution in [-0.4, -0.2) is 37.9 Å². The van der Waals surface area contributed by atoms with Gasteiger partial charge in [0.15, 0.2) is 0 Å². The number of ether oxygens (including phenoxy) is 2. The first kappa shape index (κ1) is 13.8. The quantitative estimate of drug-likeness (QED) is 0.762. The molecule has 4 heteroatoms. The molecule has 1 N–H and O–H groups in total. The van der Waals surface area contributed by atoms with Crippen LogP contribution in [0.2, 0.25) is 0 Å². The smallest absolute Gasteiger partial charge is 0.313 e. The van der Waals surface area contributed by atoms with Gasteiger partial charge in [-0.25, -0.2) is 0 Å². The van der Waals surface area contributed by atoms with Crippen LogP contribution in [0.25, 0.3) is 0 Å². The van der Waals surface area contributed by atoms with Crippen LogP contribution >= 0.6 is 0 Å². The maximum atomic E-state index is 12.1. The average Bonchev–Trinajstić information content (AvgIpc) is 2.86. The normalized spacial score (nSPS) is 29.4. The van der Waals surface area contributed by atoms with Gasteiger partial charge in [0.1, 0.15) is 6.10 Å². The zero-order chi connectivity index (χ0) is 12.8. The maximum absolute atomic E-state index is 12.1. The van der Waals surface area contributed by atoms with Gasteiger partial charge in [0.05, 0.1) is 19.1 Å². The van der Waals surface area contributed by atoms with Crippen LogP contribution in [0.1, 0.15) is 45.4 Å². The molecule has 1 heterocycles. The van der Waals surface area contributed by atoms with Crippen LogP contribution in [-0.2, 0) is 14.3 Å². The summed E-state index contributed by atoms with van der Waals surface area (Å²) in [5.41, 5.74) is 0. The molecular formula is C14H25NO3. The Kier molecular flexibility index (Phi) is 5.45. The van der Waals surface area contributed by atoms with Crippen molar-refractivity contribution < 1.29 is 14.3 Å². The molecule has 18 heavy (non-hydrogen) atoms. The zero-order valence-electron chi connectivity index (χ0n) is 11.3. The molecule has 0 spiro atoms. The largest absolute Gasteiger partial charge is 0.462 e. The number of hydrogen-bond donors (Lipinski definition) is 1. The summed E-state index contributed by atoms with van der Waals surface area (Å²) in [4.78, 5) is 12.1. The van der Waals surface area contributed by atoms with E-state index in [1.807, 2.05) is 0 Å². The minimum Gasteiger partial charge on any atom is -0.462 e. The van der Waals surface area contributed by atoms with E-state index in [0.717, 1.165) is 25.8 Å². The van der Waals surface area contributed by atoms with Gasteiger partial charge in [0, 0.05) is 6.04 Å². The molecule has 1 saturated carbocycles. The van der Waals surface area contributed by atoms with Crippen molar-refractivity contribution in [2.45, 2.75) is 57.6 Å². The van der Waals surface area contributed by atoms with Gasteiger partial charge >= 0.3 is 5.97 Å². The molecule has 2 aliphatic rings. The van der Waals surface area contributed by atoms with E-state index in [2.05, 4.69) is 12.2 Å². The van der Waals surface area contributed by atoms with Gasteiger partial charge in [-0.05, 0) is 38.6 Å². The number of nitrogens with one attached hydrogen (secondary N) is 1. The summed E-state index contributed by atoms with van der Waals surface area (Å²) in [5.74, 6) is -0.175. The fraction of sp³-hybridized carbons (Fsp3) is 0.929. The van der Waals surface area contributed by atoms with Crippen molar-refractivity contribution in [1.82, 2.24) is 5.32 Å². The Morgan fingerprint density at radius 3 is 2.78 bits per heavy atom. The predicted molar refractivity (Wildman–Crippen MR) is 69.4 cm³/mol. The lowest BCUT2D eigenvalue weighted by molar-refractivity contribution is -0.156. The lowest BCUT2D eigenvalue weighted by Crippen LogP contribution is -2.41. The molecule has 104 valence electrons. The van der Waals surface area contributed by atoms with E-state index in [1.165, 1.54) is 19.3 Å². The van der Waals surface area contributed by atoms with Crippen molar-refractivity contribution in [3.8, 4) is 0 Å². The van der Waals surface area contributed by atoms with Gasteiger partial charge in [-0.2, -0.15) is 0 Å². The number of esters is 1. The monoisotopic (exact) mass is 255 g/mol. The maximum Gasteiger partial charge on any atom is 0.313 e. The Morgan fingerprint density at radius 2 is 2.06 bits per heavy atom. The van der Waals surface area contributed by atoms with Crippen molar-refractivity contribution in [3.05, 3.63) is 0 Å². The van der Waals surface area contributed by atoms with Crippen LogP contribution in [0.15, 0.2) is 0 Å². The zero-order valence-corrected chi connectivity index (χ0v) is 11.3. The molecule has 0 bridgehead atoms. The standard InChI is InChI=1S/C14H25NO3/c1-2-8-15-13-10-17-9-12(13)14(16)18-11-6-4-3-5-7-11/h11-13,15H,2-10H2,1H3. The molecule has 2 fully saturated rings. The van der Waals surface area contributed by atoms with Crippen LogP contribution in [0, 0.1) is 5.92 Å². The van der Waals surface area contributed by atoms with E-state index in [0.29, 0.717) is 13.2 Å². The SMILES string of the molecule is CCCNC1COCC1C(=O)OC1CCCCC1. The molecule has 0 radical (unpaired) electrons. The summed E-state index contributed by atoms with van der Waals surface area (Å²) in [6, 6.07) is 0.140. The molecule has 1 saturated heterocycles. The fourth-order valence-electron chi connectivity index (χ4n) is 2.75. The van der Waals surface area contributed by atoms with E-state index in [4.69, 9.17) is 9.47 Å². The van der Waals surface area contributed by atoms with Crippen molar-refractivity contribution >= 4 is 5.97 Å². The van der Waals surface area contributed by atoms with Gasteiger partial charge in [0.25, 0.3) is 0 Å². The van der Waals surface area contributed by atoms with Crippen LogP contribution < -0.4 is 5.32 Å². The van der Waals surface area contributed by atoms with Crippen molar-refractivity contribution in [2.24, 2.45) is 5.92 Å². The Labute approximate surface area is 109 Å². The molecule has 0 aromatic carbocycles. The second kappa shape index (κ2) is 7.10. The van der Waals surface area contributed by atoms with Gasteiger partial charge < -0.3 is 14.8 Å². The predicted octanol–water partition coefficient (Wildman–Crippen LogP) is 1.88. The summed E-state index contributed by atoms with van der Waals surface area (Å²) in [6.07, 6.45) is 6.95. The highest BCUT2D eigenvalue weighted by Crippen LogP contribution is 2.23. The minimum atomic E-state index is -0.113. The highest BCUT2D eigenvalue weighted by Gasteiger charge is 2.36. The molecule has 2 atom stereocenters. The molecule has 2 unspecified atom stereocenters. The summed E-state index contributed by atoms with van der Waals surface area (Å²) in [5, 5.41) is 3.37. The highest BCUT2D eigenvalue weighted by atomic mass is 16.5. The Morgan fingerprint density at radius 1 is 1.28 bits per heavy atom. The first-order valence-corrected chi connectivity index (χ1v) is 7.33. The summed E-state index contributed by atoms with van der Waals surface area (Å²) in [6.45, 7) is 4.19. The molecule has 1 aliphatic carbocycles. The van der Waals surface area contributed by atoms with E-state index >= 15 is 0 Å². The third-order valence-electron chi connectivity index (χ3n) is 3.87. The number of carbonyl (C=O) groups excluding carboxylic acids is 1. The molecule has 0 amide bonds. The summed E-state index contributed by atoms with van der Waals surface area (Å²) in [7, 11) is 0. The third kappa shape index (κ3) is 3.69. The average molecular weight is 255 g/mol. The minimum absolute atomic E-state index is 0.0620. The highest BCUT2D eigenvalue weighted by molar-refractivity contribution is 5.74. The van der Waals surface area contributed by atoms with Gasteiger partial charge in [-0.1, -0.05) is 13.3 Å².